The standard InChI is InChI=1S/C16H12Cl2N2OS/c17-10-6-5-9(7-11(10)18)15(16(19)21)13-8-22-14-4-2-1-3-12(14)20-13/h1-7,20H,8H2,(H2,19,21). The summed E-state index contributed by atoms with van der Waals surface area (Å²) in [6.07, 6.45) is 0. The predicted octanol–water partition coefficient (Wildman–Crippen LogP) is 4.41. The zero-order valence-electron chi connectivity index (χ0n) is 11.4. The van der Waals surface area contributed by atoms with E-state index >= 15 is 0 Å². The van der Waals surface area contributed by atoms with E-state index in [2.05, 4.69) is 5.32 Å². The summed E-state index contributed by atoms with van der Waals surface area (Å²) >= 11 is 13.6. The summed E-state index contributed by atoms with van der Waals surface area (Å²) in [6.45, 7) is 0. The zero-order chi connectivity index (χ0) is 15.7. The van der Waals surface area contributed by atoms with E-state index in [1.54, 1.807) is 30.0 Å². The van der Waals surface area contributed by atoms with E-state index < -0.39 is 5.91 Å². The van der Waals surface area contributed by atoms with Crippen LogP contribution in [0, 0.1) is 0 Å². The van der Waals surface area contributed by atoms with E-state index in [-0.39, 0.29) is 0 Å². The Kier molecular flexibility index (Phi) is 4.34. The molecule has 6 heteroatoms. The molecule has 0 spiro atoms. The number of amides is 1. The fourth-order valence-electron chi connectivity index (χ4n) is 2.30. The predicted molar refractivity (Wildman–Crippen MR) is 93.4 cm³/mol. The quantitative estimate of drug-likeness (QED) is 0.788. The van der Waals surface area contributed by atoms with Crippen LogP contribution in [-0.4, -0.2) is 11.7 Å². The number of fused-ring (bicyclic) bond motifs is 1. The molecule has 3 nitrogen and oxygen atoms in total. The van der Waals surface area contributed by atoms with Gasteiger partial charge < -0.3 is 11.1 Å². The largest absolute Gasteiger partial charge is 0.366 e. The molecule has 0 atom stereocenters. The van der Waals surface area contributed by atoms with Gasteiger partial charge >= 0.3 is 0 Å². The lowest BCUT2D eigenvalue weighted by Crippen LogP contribution is -2.20. The zero-order valence-corrected chi connectivity index (χ0v) is 13.7. The van der Waals surface area contributed by atoms with Crippen molar-refractivity contribution in [2.45, 2.75) is 4.90 Å². The van der Waals surface area contributed by atoms with E-state index in [1.807, 2.05) is 24.3 Å². The number of carbonyl (C=O) groups excluding carboxylic acids is 1. The number of benzene rings is 2. The Morgan fingerprint density at radius 1 is 1.14 bits per heavy atom. The normalized spacial score (nSPS) is 15.7. The topological polar surface area (TPSA) is 55.1 Å². The number of thioether (sulfide) groups is 1. The SMILES string of the molecule is NC(=O)C(=C1CSc2ccccc2N1)c1ccc(Cl)c(Cl)c1. The highest BCUT2D eigenvalue weighted by molar-refractivity contribution is 7.99. The lowest BCUT2D eigenvalue weighted by Gasteiger charge is -2.22. The fraction of sp³-hybridized carbons (Fsp3) is 0.0625. The van der Waals surface area contributed by atoms with Crippen LogP contribution in [0.15, 0.2) is 53.1 Å². The molecule has 0 aliphatic carbocycles. The third-order valence-electron chi connectivity index (χ3n) is 3.30. The smallest absolute Gasteiger partial charge is 0.251 e. The lowest BCUT2D eigenvalue weighted by atomic mass is 10.0. The molecule has 1 heterocycles. The van der Waals surface area contributed by atoms with Crippen molar-refractivity contribution >= 4 is 52.1 Å². The van der Waals surface area contributed by atoms with Gasteiger partial charge in [0.25, 0.3) is 5.91 Å². The van der Waals surface area contributed by atoms with Gasteiger partial charge in [-0.05, 0) is 29.8 Å². The number of anilines is 1. The van der Waals surface area contributed by atoms with Gasteiger partial charge in [0.1, 0.15) is 0 Å². The molecule has 2 aromatic carbocycles. The second-order valence-electron chi connectivity index (χ2n) is 4.76. The van der Waals surface area contributed by atoms with Crippen molar-refractivity contribution in [3.8, 4) is 0 Å². The van der Waals surface area contributed by atoms with Gasteiger partial charge in [-0.3, -0.25) is 4.79 Å². The summed E-state index contributed by atoms with van der Waals surface area (Å²) in [4.78, 5) is 13.1. The maximum Gasteiger partial charge on any atom is 0.251 e. The first-order valence-electron chi connectivity index (χ1n) is 6.53. The molecule has 0 unspecified atom stereocenters. The molecule has 0 saturated carbocycles. The van der Waals surface area contributed by atoms with Crippen LogP contribution >= 0.6 is 35.0 Å². The van der Waals surface area contributed by atoms with Crippen molar-refractivity contribution < 1.29 is 4.79 Å². The Labute approximate surface area is 142 Å². The van der Waals surface area contributed by atoms with Gasteiger partial charge in [-0.1, -0.05) is 41.4 Å². The molecule has 2 aromatic rings. The highest BCUT2D eigenvalue weighted by Crippen LogP contribution is 2.37. The number of rotatable bonds is 2. The molecule has 1 aliphatic heterocycles. The van der Waals surface area contributed by atoms with E-state index in [1.165, 1.54) is 0 Å². The van der Waals surface area contributed by atoms with Crippen LogP contribution in [0.2, 0.25) is 10.0 Å². The molecule has 0 saturated heterocycles. The van der Waals surface area contributed by atoms with Crippen LogP contribution < -0.4 is 11.1 Å². The molecular formula is C16H12Cl2N2OS. The van der Waals surface area contributed by atoms with Gasteiger partial charge in [-0.15, -0.1) is 11.8 Å². The van der Waals surface area contributed by atoms with Crippen molar-refractivity contribution in [2.75, 3.05) is 11.1 Å². The summed E-state index contributed by atoms with van der Waals surface area (Å²) in [5.41, 5.74) is 8.41. The Bertz CT molecular complexity index is 789. The van der Waals surface area contributed by atoms with Gasteiger partial charge in [-0.25, -0.2) is 0 Å². The number of para-hydroxylation sites is 1. The van der Waals surface area contributed by atoms with Crippen LogP contribution in [0.5, 0.6) is 0 Å². The van der Waals surface area contributed by atoms with E-state index in [0.717, 1.165) is 16.3 Å². The maximum absolute atomic E-state index is 11.9. The number of carbonyl (C=O) groups is 1. The molecule has 1 aliphatic rings. The number of nitrogens with two attached hydrogens (primary N) is 1. The molecule has 3 rings (SSSR count). The summed E-state index contributed by atoms with van der Waals surface area (Å²) in [6, 6.07) is 13.0. The van der Waals surface area contributed by atoms with Crippen molar-refractivity contribution in [1.29, 1.82) is 0 Å². The summed E-state index contributed by atoms with van der Waals surface area (Å²) in [7, 11) is 0. The highest BCUT2D eigenvalue weighted by atomic mass is 35.5. The third kappa shape index (κ3) is 2.95. The summed E-state index contributed by atoms with van der Waals surface area (Å²) < 4.78 is 0. The van der Waals surface area contributed by atoms with E-state index in [0.29, 0.717) is 26.9 Å². The molecule has 0 radical (unpaired) electrons. The van der Waals surface area contributed by atoms with Gasteiger partial charge in [0, 0.05) is 16.3 Å². The Morgan fingerprint density at radius 2 is 1.91 bits per heavy atom. The van der Waals surface area contributed by atoms with Crippen molar-refractivity contribution in [2.24, 2.45) is 5.73 Å². The minimum atomic E-state index is -0.499. The first kappa shape index (κ1) is 15.3. The van der Waals surface area contributed by atoms with Crippen molar-refractivity contribution in [1.82, 2.24) is 0 Å². The second kappa shape index (κ2) is 6.24. The third-order valence-corrected chi connectivity index (χ3v) is 5.14. The minimum Gasteiger partial charge on any atom is -0.366 e. The van der Waals surface area contributed by atoms with Gasteiger partial charge in [-0.2, -0.15) is 0 Å². The monoisotopic (exact) mass is 350 g/mol. The number of hydrogen-bond donors (Lipinski definition) is 2. The lowest BCUT2D eigenvalue weighted by molar-refractivity contribution is -0.112. The summed E-state index contributed by atoms with van der Waals surface area (Å²) in [5.74, 6) is 0.135. The van der Waals surface area contributed by atoms with Crippen molar-refractivity contribution in [3.63, 3.8) is 0 Å². The first-order chi connectivity index (χ1) is 10.6. The Morgan fingerprint density at radius 3 is 2.64 bits per heavy atom. The fourth-order valence-corrected chi connectivity index (χ4v) is 3.56. The molecule has 3 N–H and O–H groups in total. The molecule has 112 valence electrons. The first-order valence-corrected chi connectivity index (χ1v) is 8.27. The average Bonchev–Trinajstić information content (AvgIpc) is 2.50. The number of nitrogens with one attached hydrogen (secondary N) is 1. The van der Waals surface area contributed by atoms with Crippen LogP contribution in [0.25, 0.3) is 5.57 Å². The second-order valence-corrected chi connectivity index (χ2v) is 6.59. The van der Waals surface area contributed by atoms with Crippen LogP contribution in [0.4, 0.5) is 5.69 Å². The van der Waals surface area contributed by atoms with Crippen molar-refractivity contribution in [3.05, 3.63) is 63.8 Å². The molecule has 22 heavy (non-hydrogen) atoms. The molecular weight excluding hydrogens is 339 g/mol. The Hall–Kier alpha value is -1.62. The van der Waals surface area contributed by atoms with Crippen LogP contribution in [-0.2, 0) is 4.79 Å². The highest BCUT2D eigenvalue weighted by Gasteiger charge is 2.20. The Balaban J connectivity index is 2.08. The molecule has 0 aromatic heterocycles. The van der Waals surface area contributed by atoms with E-state index in [4.69, 9.17) is 28.9 Å². The van der Waals surface area contributed by atoms with Gasteiger partial charge in [0.15, 0.2) is 0 Å². The van der Waals surface area contributed by atoms with Gasteiger partial charge in [0.05, 0.1) is 21.3 Å². The van der Waals surface area contributed by atoms with Gasteiger partial charge in [0.2, 0.25) is 0 Å². The van der Waals surface area contributed by atoms with Crippen LogP contribution in [0.3, 0.4) is 0 Å². The summed E-state index contributed by atoms with van der Waals surface area (Å²) in [5, 5.41) is 4.12. The average molecular weight is 351 g/mol. The number of halogens is 2. The molecule has 0 fully saturated rings. The molecule has 0 bridgehead atoms. The van der Waals surface area contributed by atoms with Crippen LogP contribution in [0.1, 0.15) is 5.56 Å². The molecule has 1 amide bonds. The van der Waals surface area contributed by atoms with E-state index in [9.17, 15) is 4.79 Å². The maximum atomic E-state index is 11.9. The number of primary amides is 1. The number of hydrogen-bond acceptors (Lipinski definition) is 3. The minimum absolute atomic E-state index is 0.391.